The normalized spacial score (nSPS) is 14.7. The molecule has 0 aliphatic carbocycles. The quantitative estimate of drug-likeness (QED) is 0.251. The molecule has 1 fully saturated rings. The van der Waals surface area contributed by atoms with Gasteiger partial charge in [-0.15, -0.1) is 0 Å². The van der Waals surface area contributed by atoms with Gasteiger partial charge in [0.15, 0.2) is 11.6 Å². The van der Waals surface area contributed by atoms with Crippen LogP contribution in [-0.2, 0) is 16.4 Å². The van der Waals surface area contributed by atoms with E-state index in [1.165, 1.54) is 12.3 Å². The van der Waals surface area contributed by atoms with Crippen LogP contribution in [-0.4, -0.2) is 75.5 Å². The average Bonchev–Trinajstić information content (AvgIpc) is 3.39. The van der Waals surface area contributed by atoms with Gasteiger partial charge in [-0.1, -0.05) is 18.2 Å². The van der Waals surface area contributed by atoms with E-state index in [2.05, 4.69) is 25.9 Å². The summed E-state index contributed by atoms with van der Waals surface area (Å²) < 4.78 is 32.3. The lowest BCUT2D eigenvalue weighted by Gasteiger charge is -2.31. The lowest BCUT2D eigenvalue weighted by Crippen LogP contribution is -2.38. The minimum Gasteiger partial charge on any atom is -0.490 e. The molecular weight excluding hydrogens is 566 g/mol. The molecular formula is C31H31N7O4S. The molecule has 2 aromatic carbocycles. The van der Waals surface area contributed by atoms with E-state index in [1.54, 1.807) is 41.4 Å². The Bertz CT molecular complexity index is 1990. The molecule has 0 spiro atoms. The maximum atomic E-state index is 12.9. The van der Waals surface area contributed by atoms with Crippen LogP contribution in [0.1, 0.15) is 24.0 Å². The van der Waals surface area contributed by atoms with Crippen LogP contribution in [0.2, 0.25) is 0 Å². The smallest absolute Gasteiger partial charge is 0.255 e. The van der Waals surface area contributed by atoms with Gasteiger partial charge in [0.05, 0.1) is 54.0 Å². The Labute approximate surface area is 248 Å². The van der Waals surface area contributed by atoms with Crippen LogP contribution in [0, 0.1) is 17.2 Å². The van der Waals surface area contributed by atoms with E-state index in [0.29, 0.717) is 54.0 Å². The molecule has 1 aliphatic heterocycles. The maximum Gasteiger partial charge on any atom is 0.255 e. The molecule has 1 aliphatic rings. The van der Waals surface area contributed by atoms with Crippen LogP contribution in [0.5, 0.6) is 5.75 Å². The first-order valence-electron chi connectivity index (χ1n) is 14.1. The summed E-state index contributed by atoms with van der Waals surface area (Å²) in [5.41, 5.74) is 3.54. The topological polar surface area (TPSA) is 135 Å². The summed E-state index contributed by atoms with van der Waals surface area (Å²) in [4.78, 5) is 28.8. The number of rotatable bonds is 9. The molecule has 4 heterocycles. The van der Waals surface area contributed by atoms with Gasteiger partial charge < -0.3 is 9.64 Å². The SMILES string of the molecule is CS(=O)(=O)CCN1CCC(COc2cnc(-c3cccc(Cn4c(=O)ccn5c6cc(C#N)ccc6nc45)c3)nc2)CC1. The van der Waals surface area contributed by atoms with E-state index in [4.69, 9.17) is 4.74 Å². The zero-order valence-electron chi connectivity index (χ0n) is 23.8. The fraction of sp³-hybridized carbons (Fsp3) is 0.323. The zero-order valence-corrected chi connectivity index (χ0v) is 24.6. The van der Waals surface area contributed by atoms with E-state index in [9.17, 15) is 18.5 Å². The number of nitrogens with zero attached hydrogens (tertiary/aromatic N) is 7. The van der Waals surface area contributed by atoms with Crippen molar-refractivity contribution in [2.75, 3.05) is 38.2 Å². The second kappa shape index (κ2) is 11.9. The molecule has 0 atom stereocenters. The van der Waals surface area contributed by atoms with Crippen LogP contribution in [0.25, 0.3) is 28.2 Å². The third-order valence-corrected chi connectivity index (χ3v) is 8.72. The Kier molecular flexibility index (Phi) is 7.92. The van der Waals surface area contributed by atoms with Crippen LogP contribution in [0.15, 0.2) is 71.9 Å². The van der Waals surface area contributed by atoms with E-state index >= 15 is 0 Å². The van der Waals surface area contributed by atoms with Crippen molar-refractivity contribution >= 4 is 26.6 Å². The maximum absolute atomic E-state index is 12.9. The highest BCUT2D eigenvalue weighted by Crippen LogP contribution is 2.22. The summed E-state index contributed by atoms with van der Waals surface area (Å²) in [5.74, 6) is 2.25. The highest BCUT2D eigenvalue weighted by Gasteiger charge is 2.21. The predicted molar refractivity (Wildman–Crippen MR) is 163 cm³/mol. The summed E-state index contributed by atoms with van der Waals surface area (Å²) >= 11 is 0. The van der Waals surface area contributed by atoms with Crippen LogP contribution >= 0.6 is 0 Å². The van der Waals surface area contributed by atoms with Gasteiger partial charge in [-0.25, -0.2) is 23.4 Å². The van der Waals surface area contributed by atoms with Crippen molar-refractivity contribution in [1.82, 2.24) is 28.8 Å². The Morgan fingerprint density at radius 2 is 1.86 bits per heavy atom. The Morgan fingerprint density at radius 3 is 2.60 bits per heavy atom. The molecule has 0 unspecified atom stereocenters. The van der Waals surface area contributed by atoms with Crippen molar-refractivity contribution in [2.45, 2.75) is 19.4 Å². The standard InChI is InChI=1S/C31H31N7O4S/c1-43(40,41)14-13-36-10-7-22(8-11-36)21-42-26-18-33-30(34-19-26)25-4-2-3-24(15-25)20-38-29(39)9-12-37-28-16-23(17-32)5-6-27(28)35-31(37)38/h2-6,9,12,15-16,18-19,22H,7-8,10-11,13-14,20-21H2,1H3. The van der Waals surface area contributed by atoms with E-state index in [1.807, 2.05) is 28.7 Å². The molecule has 3 aromatic heterocycles. The molecule has 5 aromatic rings. The number of likely N-dealkylation sites (tertiary alicyclic amines) is 1. The Balaban J connectivity index is 1.11. The third kappa shape index (κ3) is 6.58. The first kappa shape index (κ1) is 28.5. The second-order valence-corrected chi connectivity index (χ2v) is 13.3. The summed E-state index contributed by atoms with van der Waals surface area (Å²) in [6.45, 7) is 3.20. The van der Waals surface area contributed by atoms with Crippen LogP contribution in [0.4, 0.5) is 0 Å². The van der Waals surface area contributed by atoms with Crippen molar-refractivity contribution in [3.63, 3.8) is 0 Å². The first-order valence-corrected chi connectivity index (χ1v) is 16.2. The molecule has 220 valence electrons. The fourth-order valence-electron chi connectivity index (χ4n) is 5.38. The molecule has 1 saturated heterocycles. The molecule has 0 radical (unpaired) electrons. The van der Waals surface area contributed by atoms with Gasteiger partial charge >= 0.3 is 0 Å². The minimum atomic E-state index is -2.95. The number of ether oxygens (including phenoxy) is 1. The van der Waals surface area contributed by atoms with Gasteiger partial charge in [0.2, 0.25) is 5.78 Å². The predicted octanol–water partition coefficient (Wildman–Crippen LogP) is 3.16. The Morgan fingerprint density at radius 1 is 1.07 bits per heavy atom. The monoisotopic (exact) mass is 597 g/mol. The van der Waals surface area contributed by atoms with Crippen molar-refractivity contribution in [1.29, 1.82) is 5.26 Å². The van der Waals surface area contributed by atoms with Gasteiger partial charge in [0, 0.05) is 30.6 Å². The second-order valence-electron chi connectivity index (χ2n) is 11.0. The largest absolute Gasteiger partial charge is 0.490 e. The van der Waals surface area contributed by atoms with Crippen molar-refractivity contribution < 1.29 is 13.2 Å². The molecule has 12 heteroatoms. The van der Waals surface area contributed by atoms with E-state index in [0.717, 1.165) is 42.6 Å². The molecule has 0 amide bonds. The van der Waals surface area contributed by atoms with Crippen molar-refractivity contribution in [2.24, 2.45) is 5.92 Å². The molecule has 43 heavy (non-hydrogen) atoms. The lowest BCUT2D eigenvalue weighted by molar-refractivity contribution is 0.146. The third-order valence-electron chi connectivity index (χ3n) is 7.80. The molecule has 11 nitrogen and oxygen atoms in total. The summed E-state index contributed by atoms with van der Waals surface area (Å²) in [7, 11) is -2.95. The number of hydrogen-bond donors (Lipinski definition) is 0. The van der Waals surface area contributed by atoms with Gasteiger partial charge in [0.25, 0.3) is 5.56 Å². The number of sulfone groups is 1. The number of piperidine rings is 1. The highest BCUT2D eigenvalue weighted by atomic mass is 32.2. The average molecular weight is 598 g/mol. The number of fused-ring (bicyclic) bond motifs is 3. The zero-order chi connectivity index (χ0) is 30.0. The molecule has 6 rings (SSSR count). The van der Waals surface area contributed by atoms with Crippen molar-refractivity contribution in [3.8, 4) is 23.2 Å². The summed E-state index contributed by atoms with van der Waals surface area (Å²) in [6.07, 6.45) is 8.23. The lowest BCUT2D eigenvalue weighted by atomic mass is 9.98. The van der Waals surface area contributed by atoms with Gasteiger partial charge in [-0.05, 0) is 61.7 Å². The number of nitriles is 1. The number of imidazole rings is 1. The summed E-state index contributed by atoms with van der Waals surface area (Å²) in [6, 6.07) is 16.7. The molecule has 0 saturated carbocycles. The van der Waals surface area contributed by atoms with Crippen molar-refractivity contribution in [3.05, 3.63) is 88.6 Å². The minimum absolute atomic E-state index is 0.175. The van der Waals surface area contributed by atoms with Gasteiger partial charge in [-0.3, -0.25) is 13.8 Å². The van der Waals surface area contributed by atoms with E-state index in [-0.39, 0.29) is 11.3 Å². The van der Waals surface area contributed by atoms with Gasteiger partial charge in [-0.2, -0.15) is 5.26 Å². The Hall–Kier alpha value is -4.60. The first-order chi connectivity index (χ1) is 20.8. The van der Waals surface area contributed by atoms with Gasteiger partial charge in [0.1, 0.15) is 9.84 Å². The van der Waals surface area contributed by atoms with E-state index < -0.39 is 9.84 Å². The number of hydrogen-bond acceptors (Lipinski definition) is 9. The number of aromatic nitrogens is 5. The van der Waals surface area contributed by atoms with Crippen LogP contribution < -0.4 is 10.3 Å². The van der Waals surface area contributed by atoms with Crippen LogP contribution in [0.3, 0.4) is 0 Å². The molecule has 0 bridgehead atoms. The fourth-order valence-corrected chi connectivity index (χ4v) is 5.97. The molecule has 0 N–H and O–H groups in total. The highest BCUT2D eigenvalue weighted by molar-refractivity contribution is 7.90. The summed E-state index contributed by atoms with van der Waals surface area (Å²) in [5, 5.41) is 9.29. The number of benzene rings is 2.